The van der Waals surface area contributed by atoms with Crippen LogP contribution in [0.4, 0.5) is 0 Å². The summed E-state index contributed by atoms with van der Waals surface area (Å²) < 4.78 is 18.9. The Hall–Kier alpha value is -4.14. The van der Waals surface area contributed by atoms with Crippen molar-refractivity contribution >= 4 is 35.0 Å². The summed E-state index contributed by atoms with van der Waals surface area (Å²) >= 11 is 7.26. The van der Waals surface area contributed by atoms with E-state index in [1.54, 1.807) is 37.7 Å². The molecule has 1 aliphatic rings. The lowest BCUT2D eigenvalue weighted by atomic mass is 9.96. The van der Waals surface area contributed by atoms with E-state index in [-0.39, 0.29) is 12.2 Å². The number of hydrogen-bond acceptors (Lipinski definition) is 7. The Morgan fingerprint density at radius 2 is 1.82 bits per heavy atom. The molecule has 7 nitrogen and oxygen atoms in total. The Labute approximate surface area is 240 Å². The van der Waals surface area contributed by atoms with Crippen LogP contribution in [0.5, 0.6) is 11.5 Å². The topological polar surface area (TPSA) is 79.1 Å². The van der Waals surface area contributed by atoms with Crippen LogP contribution in [-0.2, 0) is 16.1 Å². The summed E-state index contributed by atoms with van der Waals surface area (Å²) in [4.78, 5) is 32.0. The highest BCUT2D eigenvalue weighted by atomic mass is 35.5. The molecule has 0 amide bonds. The van der Waals surface area contributed by atoms with Crippen molar-refractivity contribution < 1.29 is 19.0 Å². The van der Waals surface area contributed by atoms with Gasteiger partial charge < -0.3 is 14.2 Å². The van der Waals surface area contributed by atoms with Gasteiger partial charge in [0.05, 0.1) is 35.6 Å². The fraction of sp³-hybridized carbons (Fsp3) is 0.194. The van der Waals surface area contributed by atoms with Gasteiger partial charge in [0, 0.05) is 5.02 Å². The lowest BCUT2D eigenvalue weighted by Crippen LogP contribution is -2.39. The molecule has 204 valence electrons. The smallest absolute Gasteiger partial charge is 0.338 e. The second-order valence-electron chi connectivity index (χ2n) is 9.04. The molecule has 1 unspecified atom stereocenters. The Morgan fingerprint density at radius 1 is 1.07 bits per heavy atom. The van der Waals surface area contributed by atoms with Gasteiger partial charge in [0.1, 0.15) is 6.61 Å². The van der Waals surface area contributed by atoms with E-state index in [2.05, 4.69) is 4.99 Å². The van der Waals surface area contributed by atoms with Gasteiger partial charge in [0.2, 0.25) is 0 Å². The number of carbonyl (C=O) groups excluding carboxylic acids is 1. The van der Waals surface area contributed by atoms with Crippen molar-refractivity contribution in [2.75, 3.05) is 13.7 Å². The van der Waals surface area contributed by atoms with Crippen molar-refractivity contribution in [1.82, 2.24) is 4.57 Å². The van der Waals surface area contributed by atoms with Crippen LogP contribution in [0.2, 0.25) is 5.02 Å². The molecule has 0 saturated carbocycles. The molecule has 0 saturated heterocycles. The first-order chi connectivity index (χ1) is 19.4. The van der Waals surface area contributed by atoms with Gasteiger partial charge in [-0.05, 0) is 60.9 Å². The van der Waals surface area contributed by atoms with Gasteiger partial charge >= 0.3 is 5.97 Å². The number of esters is 1. The van der Waals surface area contributed by atoms with Crippen molar-refractivity contribution in [3.8, 4) is 11.5 Å². The van der Waals surface area contributed by atoms with Gasteiger partial charge in [-0.2, -0.15) is 0 Å². The lowest BCUT2D eigenvalue weighted by molar-refractivity contribution is -0.139. The van der Waals surface area contributed by atoms with Crippen molar-refractivity contribution in [1.29, 1.82) is 0 Å². The number of hydrogen-bond donors (Lipinski definition) is 0. The fourth-order valence-electron chi connectivity index (χ4n) is 4.53. The first kappa shape index (κ1) is 27.4. The zero-order valence-corrected chi connectivity index (χ0v) is 23.8. The summed E-state index contributed by atoms with van der Waals surface area (Å²) in [5, 5.41) is 0.656. The molecule has 2 heterocycles. The molecule has 4 aromatic rings. The number of ether oxygens (including phenoxy) is 3. The highest BCUT2D eigenvalue weighted by Crippen LogP contribution is 2.31. The quantitative estimate of drug-likeness (QED) is 0.276. The van der Waals surface area contributed by atoms with Crippen LogP contribution in [0.25, 0.3) is 6.08 Å². The van der Waals surface area contributed by atoms with Crippen LogP contribution in [0.1, 0.15) is 36.6 Å². The zero-order valence-electron chi connectivity index (χ0n) is 22.2. The monoisotopic (exact) mass is 574 g/mol. The third kappa shape index (κ3) is 5.59. The first-order valence-corrected chi connectivity index (χ1v) is 13.9. The van der Waals surface area contributed by atoms with E-state index >= 15 is 0 Å². The standard InChI is InChI=1S/C31H27ClN2O5S/c1-4-38-30(36)27-19(2)33-31-34(28(27)22-8-6-5-7-9-22)29(35)26(40-31)17-21-12-15-24(37-3)25(16-21)39-18-20-10-13-23(32)14-11-20/h5-17,28H,4,18H2,1-3H3/b26-17-. The molecule has 0 N–H and O–H groups in total. The van der Waals surface area contributed by atoms with Crippen molar-refractivity contribution in [3.05, 3.63) is 125 Å². The molecule has 0 fully saturated rings. The van der Waals surface area contributed by atoms with Gasteiger partial charge in [0.25, 0.3) is 5.56 Å². The summed E-state index contributed by atoms with van der Waals surface area (Å²) in [6.07, 6.45) is 1.80. The Kier molecular flexibility index (Phi) is 8.19. The largest absolute Gasteiger partial charge is 0.493 e. The second kappa shape index (κ2) is 11.9. The first-order valence-electron chi connectivity index (χ1n) is 12.7. The highest BCUT2D eigenvalue weighted by Gasteiger charge is 2.33. The van der Waals surface area contributed by atoms with E-state index in [0.29, 0.717) is 43.7 Å². The van der Waals surface area contributed by atoms with Gasteiger partial charge in [-0.15, -0.1) is 0 Å². The predicted molar refractivity (Wildman–Crippen MR) is 156 cm³/mol. The summed E-state index contributed by atoms with van der Waals surface area (Å²) in [6, 6.07) is 21.7. The van der Waals surface area contributed by atoms with Crippen LogP contribution in [0, 0.1) is 0 Å². The molecule has 40 heavy (non-hydrogen) atoms. The van der Waals surface area contributed by atoms with Gasteiger partial charge in [-0.3, -0.25) is 9.36 Å². The van der Waals surface area contributed by atoms with E-state index in [4.69, 9.17) is 25.8 Å². The number of methoxy groups -OCH3 is 1. The molecule has 1 aliphatic heterocycles. The normalized spacial score (nSPS) is 14.9. The lowest BCUT2D eigenvalue weighted by Gasteiger charge is -2.24. The Bertz CT molecular complexity index is 1760. The average molecular weight is 575 g/mol. The van der Waals surface area contributed by atoms with Crippen LogP contribution in [0.3, 0.4) is 0 Å². The molecule has 0 radical (unpaired) electrons. The molecule has 1 aromatic heterocycles. The Balaban J connectivity index is 1.56. The zero-order chi connectivity index (χ0) is 28.2. The maximum atomic E-state index is 13.8. The number of carbonyl (C=O) groups is 1. The minimum absolute atomic E-state index is 0.224. The molecular weight excluding hydrogens is 548 g/mol. The van der Waals surface area contributed by atoms with E-state index < -0.39 is 12.0 Å². The molecular formula is C31H27ClN2O5S. The molecule has 0 spiro atoms. The second-order valence-corrected chi connectivity index (χ2v) is 10.5. The summed E-state index contributed by atoms with van der Waals surface area (Å²) in [7, 11) is 1.58. The number of fused-ring (bicyclic) bond motifs is 1. The number of benzene rings is 3. The third-order valence-corrected chi connectivity index (χ3v) is 7.66. The number of rotatable bonds is 8. The predicted octanol–water partition coefficient (Wildman–Crippen LogP) is 5.04. The third-order valence-electron chi connectivity index (χ3n) is 6.43. The van der Waals surface area contributed by atoms with Crippen molar-refractivity contribution in [2.45, 2.75) is 26.5 Å². The molecule has 0 bridgehead atoms. The van der Waals surface area contributed by atoms with E-state index in [0.717, 1.165) is 16.7 Å². The summed E-state index contributed by atoms with van der Waals surface area (Å²) in [5.41, 5.74) is 3.16. The van der Waals surface area contributed by atoms with Crippen molar-refractivity contribution in [2.24, 2.45) is 4.99 Å². The van der Waals surface area contributed by atoms with Crippen LogP contribution >= 0.6 is 22.9 Å². The van der Waals surface area contributed by atoms with Crippen LogP contribution < -0.4 is 24.4 Å². The van der Waals surface area contributed by atoms with E-state index in [1.807, 2.05) is 66.7 Å². The SMILES string of the molecule is CCOC(=O)C1=C(C)N=c2s/c(=C\c3ccc(OC)c(OCc4ccc(Cl)cc4)c3)c(=O)n2C1c1ccccc1. The minimum atomic E-state index is -0.646. The molecule has 5 rings (SSSR count). The maximum absolute atomic E-state index is 13.8. The maximum Gasteiger partial charge on any atom is 0.338 e. The molecule has 3 aromatic carbocycles. The van der Waals surface area contributed by atoms with Crippen molar-refractivity contribution in [3.63, 3.8) is 0 Å². The van der Waals surface area contributed by atoms with Gasteiger partial charge in [0.15, 0.2) is 16.3 Å². The summed E-state index contributed by atoms with van der Waals surface area (Å²) in [5.74, 6) is 0.637. The van der Waals surface area contributed by atoms with E-state index in [9.17, 15) is 9.59 Å². The molecule has 1 atom stereocenters. The number of allylic oxidation sites excluding steroid dienone is 1. The van der Waals surface area contributed by atoms with Gasteiger partial charge in [-0.1, -0.05) is 71.5 Å². The van der Waals surface area contributed by atoms with Gasteiger partial charge in [-0.25, -0.2) is 9.79 Å². The molecule has 9 heteroatoms. The number of nitrogens with zero attached hydrogens (tertiary/aromatic N) is 2. The molecule has 0 aliphatic carbocycles. The highest BCUT2D eigenvalue weighted by molar-refractivity contribution is 7.07. The van der Waals surface area contributed by atoms with Crippen LogP contribution in [0.15, 0.2) is 93.9 Å². The van der Waals surface area contributed by atoms with Crippen LogP contribution in [-0.4, -0.2) is 24.3 Å². The fourth-order valence-corrected chi connectivity index (χ4v) is 5.70. The number of aromatic nitrogens is 1. The average Bonchev–Trinajstić information content (AvgIpc) is 3.26. The summed E-state index contributed by atoms with van der Waals surface area (Å²) in [6.45, 7) is 4.07. The number of halogens is 1. The number of thiazole rings is 1. The van der Waals surface area contributed by atoms with E-state index in [1.165, 1.54) is 11.3 Å². The Morgan fingerprint density at radius 3 is 2.52 bits per heavy atom. The minimum Gasteiger partial charge on any atom is -0.493 e.